The van der Waals surface area contributed by atoms with Crippen LogP contribution in [0, 0.1) is 12.8 Å². The van der Waals surface area contributed by atoms with Crippen LogP contribution in [0.5, 0.6) is 0 Å². The van der Waals surface area contributed by atoms with Crippen molar-refractivity contribution < 1.29 is 4.79 Å². The van der Waals surface area contributed by atoms with Crippen molar-refractivity contribution in [1.29, 1.82) is 0 Å². The van der Waals surface area contributed by atoms with Crippen LogP contribution in [0.25, 0.3) is 0 Å². The number of thioether (sulfide) groups is 1. The van der Waals surface area contributed by atoms with Gasteiger partial charge in [-0.1, -0.05) is 49.3 Å². The van der Waals surface area contributed by atoms with Gasteiger partial charge in [0.15, 0.2) is 0 Å². The maximum absolute atomic E-state index is 12.1. The minimum atomic E-state index is -0.415. The van der Waals surface area contributed by atoms with Crippen molar-refractivity contribution in [3.05, 3.63) is 34.3 Å². The lowest BCUT2D eigenvalue weighted by Crippen LogP contribution is -2.33. The first-order chi connectivity index (χ1) is 8.84. The standard InChI is InChI=1S/C15H18ClNOS/c1-9(2)15(4)14(18)17-13(19-15)8-11-6-5-7-12(16)10(11)3/h5-7,9H,8H2,1-4H3. The van der Waals surface area contributed by atoms with E-state index < -0.39 is 4.75 Å². The molecular weight excluding hydrogens is 278 g/mol. The first kappa shape index (κ1) is 14.6. The van der Waals surface area contributed by atoms with Gasteiger partial charge in [0.05, 0.1) is 5.04 Å². The first-order valence-corrected chi connectivity index (χ1v) is 7.59. The number of benzene rings is 1. The predicted octanol–water partition coefficient (Wildman–Crippen LogP) is 4.28. The van der Waals surface area contributed by atoms with Gasteiger partial charge in [-0.05, 0) is 37.0 Å². The monoisotopic (exact) mass is 295 g/mol. The van der Waals surface area contributed by atoms with Crippen LogP contribution in [0.15, 0.2) is 23.2 Å². The van der Waals surface area contributed by atoms with E-state index in [1.165, 1.54) is 0 Å². The molecule has 1 amide bonds. The average molecular weight is 296 g/mol. The highest BCUT2D eigenvalue weighted by Gasteiger charge is 2.43. The van der Waals surface area contributed by atoms with Crippen molar-refractivity contribution in [2.75, 3.05) is 0 Å². The number of carbonyl (C=O) groups excluding carboxylic acids is 1. The molecule has 0 bridgehead atoms. The fourth-order valence-electron chi connectivity index (χ4n) is 1.98. The second-order valence-electron chi connectivity index (χ2n) is 5.38. The molecule has 0 radical (unpaired) electrons. The van der Waals surface area contributed by atoms with E-state index >= 15 is 0 Å². The Hall–Kier alpha value is -0.800. The molecule has 1 heterocycles. The Labute approximate surface area is 123 Å². The molecule has 1 aliphatic rings. The van der Waals surface area contributed by atoms with E-state index in [4.69, 9.17) is 11.6 Å². The predicted molar refractivity (Wildman–Crippen MR) is 83.2 cm³/mol. The maximum Gasteiger partial charge on any atom is 0.263 e. The van der Waals surface area contributed by atoms with E-state index in [2.05, 4.69) is 18.8 Å². The summed E-state index contributed by atoms with van der Waals surface area (Å²) in [5.74, 6) is 0.258. The Morgan fingerprint density at radius 1 is 1.42 bits per heavy atom. The molecule has 0 fully saturated rings. The summed E-state index contributed by atoms with van der Waals surface area (Å²) in [7, 11) is 0. The van der Waals surface area contributed by atoms with Gasteiger partial charge in [0, 0.05) is 11.4 Å². The zero-order valence-electron chi connectivity index (χ0n) is 11.7. The highest BCUT2D eigenvalue weighted by atomic mass is 35.5. The van der Waals surface area contributed by atoms with Gasteiger partial charge in [-0.3, -0.25) is 4.79 Å². The van der Waals surface area contributed by atoms with Gasteiger partial charge < -0.3 is 0 Å². The minimum absolute atomic E-state index is 0.0119. The first-order valence-electron chi connectivity index (χ1n) is 6.39. The summed E-state index contributed by atoms with van der Waals surface area (Å²) in [4.78, 5) is 16.3. The van der Waals surface area contributed by atoms with Crippen LogP contribution >= 0.6 is 23.4 Å². The van der Waals surface area contributed by atoms with Crippen molar-refractivity contribution in [1.82, 2.24) is 0 Å². The zero-order valence-corrected chi connectivity index (χ0v) is 13.2. The molecule has 19 heavy (non-hydrogen) atoms. The molecule has 0 aromatic heterocycles. The van der Waals surface area contributed by atoms with Crippen LogP contribution in [0.1, 0.15) is 31.9 Å². The van der Waals surface area contributed by atoms with Crippen LogP contribution in [-0.4, -0.2) is 15.7 Å². The van der Waals surface area contributed by atoms with Gasteiger partial charge in [-0.2, -0.15) is 0 Å². The van der Waals surface area contributed by atoms with Gasteiger partial charge in [0.1, 0.15) is 4.75 Å². The van der Waals surface area contributed by atoms with E-state index in [9.17, 15) is 4.79 Å². The molecule has 1 atom stereocenters. The second-order valence-corrected chi connectivity index (χ2v) is 7.31. The van der Waals surface area contributed by atoms with Gasteiger partial charge in [-0.15, -0.1) is 0 Å². The fourth-order valence-corrected chi connectivity index (χ4v) is 3.39. The van der Waals surface area contributed by atoms with E-state index in [0.29, 0.717) is 6.42 Å². The molecular formula is C15H18ClNOS. The lowest BCUT2D eigenvalue weighted by Gasteiger charge is -2.24. The summed E-state index contributed by atoms with van der Waals surface area (Å²) >= 11 is 7.72. The minimum Gasteiger partial charge on any atom is -0.271 e. The highest BCUT2D eigenvalue weighted by molar-refractivity contribution is 8.16. The second kappa shape index (κ2) is 5.29. The summed E-state index contributed by atoms with van der Waals surface area (Å²) in [6.07, 6.45) is 0.686. The number of hydrogen-bond donors (Lipinski definition) is 0. The molecule has 4 heteroatoms. The SMILES string of the molecule is Cc1c(Cl)cccc1CC1=NC(=O)C(C)(C(C)C)S1. The molecule has 1 unspecified atom stereocenters. The van der Waals surface area contributed by atoms with E-state index in [1.54, 1.807) is 11.8 Å². The fraction of sp³-hybridized carbons (Fsp3) is 0.467. The van der Waals surface area contributed by atoms with Crippen LogP contribution in [0.3, 0.4) is 0 Å². The van der Waals surface area contributed by atoms with Crippen molar-refractivity contribution in [2.45, 2.75) is 38.9 Å². The molecule has 2 rings (SSSR count). The number of amides is 1. The van der Waals surface area contributed by atoms with E-state index in [-0.39, 0.29) is 11.8 Å². The quantitative estimate of drug-likeness (QED) is 0.833. The summed E-state index contributed by atoms with van der Waals surface area (Å²) in [6.45, 7) is 8.11. The Morgan fingerprint density at radius 2 is 2.11 bits per heavy atom. The number of carbonyl (C=O) groups is 1. The zero-order chi connectivity index (χ0) is 14.2. The summed E-state index contributed by atoms with van der Waals surface area (Å²) in [5.41, 5.74) is 2.21. The Bertz CT molecular complexity index is 553. The van der Waals surface area contributed by atoms with Crippen LogP contribution < -0.4 is 0 Å². The molecule has 0 spiro atoms. The van der Waals surface area contributed by atoms with Crippen molar-refractivity contribution in [3.63, 3.8) is 0 Å². The lowest BCUT2D eigenvalue weighted by molar-refractivity contribution is -0.120. The number of nitrogens with zero attached hydrogens (tertiary/aromatic N) is 1. The van der Waals surface area contributed by atoms with Crippen LogP contribution in [-0.2, 0) is 11.2 Å². The normalized spacial score (nSPS) is 23.1. The van der Waals surface area contributed by atoms with Gasteiger partial charge >= 0.3 is 0 Å². The van der Waals surface area contributed by atoms with Crippen LogP contribution in [0.4, 0.5) is 0 Å². The van der Waals surface area contributed by atoms with Crippen molar-refractivity contribution >= 4 is 34.3 Å². The third kappa shape index (κ3) is 2.72. The Morgan fingerprint density at radius 3 is 2.68 bits per heavy atom. The smallest absolute Gasteiger partial charge is 0.263 e. The van der Waals surface area contributed by atoms with Crippen LogP contribution in [0.2, 0.25) is 5.02 Å². The third-order valence-corrected chi connectivity index (χ3v) is 5.75. The number of hydrogen-bond acceptors (Lipinski definition) is 2. The maximum atomic E-state index is 12.1. The number of rotatable bonds is 3. The van der Waals surface area contributed by atoms with Gasteiger partial charge in [-0.25, -0.2) is 4.99 Å². The molecule has 1 aliphatic heterocycles. The van der Waals surface area contributed by atoms with Crippen molar-refractivity contribution in [2.24, 2.45) is 10.9 Å². The highest BCUT2D eigenvalue weighted by Crippen LogP contribution is 2.41. The van der Waals surface area contributed by atoms with Gasteiger partial charge in [0.2, 0.25) is 0 Å². The lowest BCUT2D eigenvalue weighted by atomic mass is 9.96. The largest absolute Gasteiger partial charge is 0.271 e. The summed E-state index contributed by atoms with van der Waals surface area (Å²) in [5, 5.41) is 1.66. The Kier molecular flexibility index (Phi) is 4.07. The molecule has 0 saturated heterocycles. The summed E-state index contributed by atoms with van der Waals surface area (Å²) < 4.78 is -0.415. The van der Waals surface area contributed by atoms with Gasteiger partial charge in [0.25, 0.3) is 5.91 Å². The average Bonchev–Trinajstić information content (AvgIpc) is 2.62. The Balaban J connectivity index is 2.21. The topological polar surface area (TPSA) is 29.4 Å². The molecule has 0 aliphatic carbocycles. The molecule has 1 aromatic carbocycles. The molecule has 2 nitrogen and oxygen atoms in total. The van der Waals surface area contributed by atoms with Crippen molar-refractivity contribution in [3.8, 4) is 0 Å². The van der Waals surface area contributed by atoms with E-state index in [0.717, 1.165) is 21.2 Å². The number of halogens is 1. The summed E-state index contributed by atoms with van der Waals surface area (Å²) in [6, 6.07) is 5.86. The molecule has 0 saturated carbocycles. The molecule has 0 N–H and O–H groups in total. The third-order valence-electron chi connectivity index (χ3n) is 3.80. The molecule has 1 aromatic rings. The number of aliphatic imine (C=N–C) groups is 1. The van der Waals surface area contributed by atoms with E-state index in [1.807, 2.05) is 32.0 Å². The molecule has 102 valence electrons.